The third-order valence-corrected chi connectivity index (χ3v) is 2.01. The molecular weight excluding hydrogens is 202 g/mol. The maximum absolute atomic E-state index is 5.45. The van der Waals surface area contributed by atoms with Crippen LogP contribution in [0.1, 0.15) is 5.82 Å². The summed E-state index contributed by atoms with van der Waals surface area (Å²) in [6.45, 7) is 0.552. The van der Waals surface area contributed by atoms with Gasteiger partial charge in [-0.05, 0) is 24.7 Å². The molecule has 0 bridgehead atoms. The number of nitrogens with one attached hydrogen (secondary N) is 1. The molecule has 0 atom stereocenters. The second kappa shape index (κ2) is 5.18. The minimum atomic E-state index is 0.552. The number of aromatic nitrogens is 3. The molecule has 0 saturated carbocycles. The van der Waals surface area contributed by atoms with E-state index in [4.69, 9.17) is 5.73 Å². The predicted molar refractivity (Wildman–Crippen MR) is 62.3 cm³/mol. The normalized spacial score (nSPS) is 10.1. The first-order chi connectivity index (χ1) is 7.88. The Labute approximate surface area is 93.8 Å². The van der Waals surface area contributed by atoms with Gasteiger partial charge in [-0.15, -0.1) is 0 Å². The number of hydrogen-bond donors (Lipinski definition) is 2. The van der Waals surface area contributed by atoms with Crippen LogP contribution in [-0.4, -0.2) is 21.5 Å². The summed E-state index contributed by atoms with van der Waals surface area (Å²) in [5.74, 6) is 1.50. The number of nitrogens with zero attached hydrogens (tertiary/aromatic N) is 3. The van der Waals surface area contributed by atoms with E-state index in [1.807, 2.05) is 18.2 Å². The van der Waals surface area contributed by atoms with Crippen LogP contribution in [0.3, 0.4) is 0 Å². The third kappa shape index (κ3) is 2.74. The molecule has 2 aromatic heterocycles. The van der Waals surface area contributed by atoms with Gasteiger partial charge in [0.05, 0.1) is 11.9 Å². The van der Waals surface area contributed by atoms with Crippen molar-refractivity contribution >= 4 is 11.5 Å². The highest BCUT2D eigenvalue weighted by Crippen LogP contribution is 2.11. The highest BCUT2D eigenvalue weighted by atomic mass is 15.0. The summed E-state index contributed by atoms with van der Waals surface area (Å²) in [4.78, 5) is 12.5. The van der Waals surface area contributed by atoms with E-state index in [2.05, 4.69) is 20.3 Å². The molecule has 2 rings (SSSR count). The monoisotopic (exact) mass is 215 g/mol. The highest BCUT2D eigenvalue weighted by molar-refractivity contribution is 5.53. The summed E-state index contributed by atoms with van der Waals surface area (Å²) >= 11 is 0. The molecule has 82 valence electrons. The van der Waals surface area contributed by atoms with Crippen LogP contribution in [-0.2, 0) is 6.42 Å². The number of anilines is 2. The fourth-order valence-electron chi connectivity index (χ4n) is 1.30. The molecule has 0 radical (unpaired) electrons. The second-order valence-electron chi connectivity index (χ2n) is 3.26. The van der Waals surface area contributed by atoms with Crippen molar-refractivity contribution in [3.63, 3.8) is 0 Å². The fourth-order valence-corrected chi connectivity index (χ4v) is 1.30. The van der Waals surface area contributed by atoms with Crippen molar-refractivity contribution < 1.29 is 0 Å². The smallest absolute Gasteiger partial charge is 0.134 e. The van der Waals surface area contributed by atoms with Gasteiger partial charge in [0.15, 0.2) is 0 Å². The highest BCUT2D eigenvalue weighted by Gasteiger charge is 1.98. The Morgan fingerprint density at radius 2 is 2.19 bits per heavy atom. The van der Waals surface area contributed by atoms with Gasteiger partial charge in [-0.1, -0.05) is 0 Å². The van der Waals surface area contributed by atoms with Crippen LogP contribution in [0, 0.1) is 0 Å². The van der Waals surface area contributed by atoms with Gasteiger partial charge in [0.1, 0.15) is 11.6 Å². The molecular formula is C11H13N5. The van der Waals surface area contributed by atoms with E-state index in [-0.39, 0.29) is 0 Å². The Morgan fingerprint density at radius 3 is 2.94 bits per heavy atom. The topological polar surface area (TPSA) is 76.7 Å². The standard InChI is InChI=1S/C11H13N5/c12-5-3-10-14-7-4-11(16-10)15-9-2-1-6-13-8-9/h1-2,4,6-8H,3,5,12H2,(H,14,15,16). The van der Waals surface area contributed by atoms with Crippen LogP contribution < -0.4 is 11.1 Å². The first kappa shape index (κ1) is 10.5. The second-order valence-corrected chi connectivity index (χ2v) is 3.26. The Balaban J connectivity index is 2.12. The Hall–Kier alpha value is -2.01. The summed E-state index contributed by atoms with van der Waals surface area (Å²) in [6, 6.07) is 5.61. The van der Waals surface area contributed by atoms with Crippen LogP contribution in [0.5, 0.6) is 0 Å². The van der Waals surface area contributed by atoms with Gasteiger partial charge in [-0.25, -0.2) is 9.97 Å². The van der Waals surface area contributed by atoms with Crippen molar-refractivity contribution in [2.45, 2.75) is 6.42 Å². The average Bonchev–Trinajstić information content (AvgIpc) is 2.31. The number of rotatable bonds is 4. The lowest BCUT2D eigenvalue weighted by Crippen LogP contribution is -2.07. The zero-order valence-electron chi connectivity index (χ0n) is 8.80. The van der Waals surface area contributed by atoms with Gasteiger partial charge in [-0.3, -0.25) is 4.98 Å². The summed E-state index contributed by atoms with van der Waals surface area (Å²) in [5.41, 5.74) is 6.36. The van der Waals surface area contributed by atoms with Crippen LogP contribution >= 0.6 is 0 Å². The molecule has 0 saturated heterocycles. The Bertz CT molecular complexity index is 443. The average molecular weight is 215 g/mol. The molecule has 2 aromatic rings. The maximum Gasteiger partial charge on any atom is 0.134 e. The van der Waals surface area contributed by atoms with Gasteiger partial charge in [0, 0.05) is 18.8 Å². The van der Waals surface area contributed by atoms with Crippen molar-refractivity contribution in [1.82, 2.24) is 15.0 Å². The van der Waals surface area contributed by atoms with Crippen molar-refractivity contribution in [3.8, 4) is 0 Å². The van der Waals surface area contributed by atoms with Gasteiger partial charge in [-0.2, -0.15) is 0 Å². The molecule has 0 aliphatic rings. The van der Waals surface area contributed by atoms with E-state index in [1.54, 1.807) is 18.6 Å². The lowest BCUT2D eigenvalue weighted by molar-refractivity contribution is 0.869. The molecule has 0 aliphatic heterocycles. The molecule has 0 unspecified atom stereocenters. The number of hydrogen-bond acceptors (Lipinski definition) is 5. The van der Waals surface area contributed by atoms with E-state index in [0.717, 1.165) is 17.3 Å². The molecule has 16 heavy (non-hydrogen) atoms. The fraction of sp³-hybridized carbons (Fsp3) is 0.182. The molecule has 0 aromatic carbocycles. The molecule has 2 heterocycles. The van der Waals surface area contributed by atoms with Gasteiger partial charge >= 0.3 is 0 Å². The first-order valence-electron chi connectivity index (χ1n) is 5.07. The molecule has 0 amide bonds. The Morgan fingerprint density at radius 1 is 1.25 bits per heavy atom. The van der Waals surface area contributed by atoms with Gasteiger partial charge < -0.3 is 11.1 Å². The Kier molecular flexibility index (Phi) is 3.40. The van der Waals surface area contributed by atoms with Gasteiger partial charge in [0.2, 0.25) is 0 Å². The zero-order valence-corrected chi connectivity index (χ0v) is 8.80. The minimum absolute atomic E-state index is 0.552. The number of pyridine rings is 1. The van der Waals surface area contributed by atoms with E-state index in [1.165, 1.54) is 0 Å². The lowest BCUT2D eigenvalue weighted by Gasteiger charge is -2.05. The predicted octanol–water partition coefficient (Wildman–Crippen LogP) is 1.12. The summed E-state index contributed by atoms with van der Waals surface area (Å²) in [7, 11) is 0. The van der Waals surface area contributed by atoms with E-state index < -0.39 is 0 Å². The quantitative estimate of drug-likeness (QED) is 0.799. The first-order valence-corrected chi connectivity index (χ1v) is 5.07. The van der Waals surface area contributed by atoms with E-state index >= 15 is 0 Å². The zero-order chi connectivity index (χ0) is 11.2. The molecule has 0 aliphatic carbocycles. The van der Waals surface area contributed by atoms with Crippen LogP contribution in [0.15, 0.2) is 36.8 Å². The van der Waals surface area contributed by atoms with Crippen molar-refractivity contribution in [1.29, 1.82) is 0 Å². The summed E-state index contributed by atoms with van der Waals surface area (Å²) < 4.78 is 0. The van der Waals surface area contributed by atoms with Crippen LogP contribution in [0.4, 0.5) is 11.5 Å². The summed E-state index contributed by atoms with van der Waals surface area (Å²) in [6.07, 6.45) is 5.87. The number of nitrogens with two attached hydrogens (primary N) is 1. The van der Waals surface area contributed by atoms with Crippen LogP contribution in [0.25, 0.3) is 0 Å². The molecule has 5 nitrogen and oxygen atoms in total. The van der Waals surface area contributed by atoms with Crippen molar-refractivity contribution in [2.75, 3.05) is 11.9 Å². The molecule has 5 heteroatoms. The van der Waals surface area contributed by atoms with Crippen LogP contribution in [0.2, 0.25) is 0 Å². The maximum atomic E-state index is 5.45. The molecule has 0 spiro atoms. The van der Waals surface area contributed by atoms with E-state index in [9.17, 15) is 0 Å². The summed E-state index contributed by atoms with van der Waals surface area (Å²) in [5, 5.41) is 3.15. The lowest BCUT2D eigenvalue weighted by atomic mass is 10.4. The van der Waals surface area contributed by atoms with Crippen molar-refractivity contribution in [3.05, 3.63) is 42.6 Å². The molecule has 0 fully saturated rings. The van der Waals surface area contributed by atoms with Gasteiger partial charge in [0.25, 0.3) is 0 Å². The SMILES string of the molecule is NCCc1nccc(Nc2cccnc2)n1. The van der Waals surface area contributed by atoms with E-state index in [0.29, 0.717) is 13.0 Å². The molecule has 3 N–H and O–H groups in total. The largest absolute Gasteiger partial charge is 0.339 e. The minimum Gasteiger partial charge on any atom is -0.339 e. The van der Waals surface area contributed by atoms with Crippen molar-refractivity contribution in [2.24, 2.45) is 5.73 Å². The third-order valence-electron chi connectivity index (χ3n) is 2.01.